The van der Waals surface area contributed by atoms with Crippen LogP contribution in [0.5, 0.6) is 0 Å². The van der Waals surface area contributed by atoms with E-state index in [1.807, 2.05) is 0 Å². The molecule has 0 radical (unpaired) electrons. The third-order valence-electron chi connectivity index (χ3n) is 1.85. The average molecular weight is 103 g/mol. The highest BCUT2D eigenvalue weighted by atomic mass is 13.6. The molecule has 0 aliphatic heterocycles. The van der Waals surface area contributed by atoms with Crippen LogP contribution in [0.4, 0.5) is 0 Å². The summed E-state index contributed by atoms with van der Waals surface area (Å²) in [6.07, 6.45) is 2.78. The smallest absolute Gasteiger partial charge is 0.0601 e. The zero-order chi connectivity index (χ0) is 6.41. The lowest BCUT2D eigenvalue weighted by Gasteiger charge is -2.02. The van der Waals surface area contributed by atoms with E-state index in [9.17, 15) is 0 Å². The van der Waals surface area contributed by atoms with Crippen molar-refractivity contribution in [3.8, 4) is 0 Å². The van der Waals surface area contributed by atoms with E-state index in [0.717, 1.165) is 6.49 Å². The number of hydrogen-bond donors (Lipinski definition) is 0. The summed E-state index contributed by atoms with van der Waals surface area (Å²) < 4.78 is 0. The van der Waals surface area contributed by atoms with E-state index in [1.165, 1.54) is 26.9 Å². The molecule has 0 saturated heterocycles. The van der Waals surface area contributed by atoms with Gasteiger partial charge in [0.05, 0.1) is 22.0 Å². The average Bonchev–Trinajstić information content (AvgIpc) is 1.83. The van der Waals surface area contributed by atoms with E-state index >= 15 is 0 Å². The molecule has 0 rings (SSSR count). The first-order valence-corrected chi connectivity index (χ1v) is 3.85. The van der Waals surface area contributed by atoms with Crippen molar-refractivity contribution in [3.05, 3.63) is 0 Å². The molecule has 0 saturated carbocycles. The highest BCUT2D eigenvalue weighted by Crippen LogP contribution is 1.90. The number of hydrogen-bond acceptors (Lipinski definition) is 0. The zero-order valence-corrected chi connectivity index (χ0v) is 6.41. The van der Waals surface area contributed by atoms with E-state index < -0.39 is 0 Å². The minimum atomic E-state index is 1.000. The zero-order valence-electron chi connectivity index (χ0n) is 6.41. The molecule has 0 bridgehead atoms. The first-order chi connectivity index (χ1) is 3.85. The fourth-order valence-electron chi connectivity index (χ4n) is 1.11. The summed E-state index contributed by atoms with van der Waals surface area (Å²) in [5.41, 5.74) is 0. The van der Waals surface area contributed by atoms with E-state index in [2.05, 4.69) is 22.4 Å². The molecule has 0 atom stereocenters. The maximum absolute atomic E-state index is 2.28. The first-order valence-electron chi connectivity index (χ1n) is 3.85. The molecular weight excluding hydrogens is 90.1 g/mol. The second kappa shape index (κ2) is 5.46. The Balaban J connectivity index is 3.07. The fourth-order valence-corrected chi connectivity index (χ4v) is 1.11. The summed E-state index contributed by atoms with van der Waals surface area (Å²) >= 11 is 0. The third kappa shape index (κ3) is 3.34. The fraction of sp³-hybridized carbons (Fsp3) is 1.00. The molecule has 0 aromatic heterocycles. The van der Waals surface area contributed by atoms with Crippen molar-refractivity contribution >= 4 is 36.1 Å². The Morgan fingerprint density at radius 2 is 1.88 bits per heavy atom. The normalized spacial score (nSPS) is 8.12. The van der Waals surface area contributed by atoms with Gasteiger partial charge in [0.25, 0.3) is 0 Å². The van der Waals surface area contributed by atoms with Gasteiger partial charge in [-0.2, -0.15) is 0 Å². The molecule has 0 nitrogen and oxygen atoms in total. The molecule has 0 aromatic carbocycles. The highest BCUT2D eigenvalue weighted by molar-refractivity contribution is 7.56. The molecule has 0 fully saturated rings. The van der Waals surface area contributed by atoms with Crippen LogP contribution in [-0.4, -0.2) is 36.1 Å². The van der Waals surface area contributed by atoms with Gasteiger partial charge in [-0.15, -0.1) is 0 Å². The Morgan fingerprint density at radius 3 is 2.00 bits per heavy atom. The van der Waals surface area contributed by atoms with Crippen LogP contribution in [-0.2, 0) is 0 Å². The van der Waals surface area contributed by atoms with Gasteiger partial charge in [-0.3, -0.25) is 0 Å². The summed E-state index contributed by atoms with van der Waals surface area (Å²) in [7, 11) is 7.29. The van der Waals surface area contributed by atoms with Crippen LogP contribution in [0.15, 0.2) is 0 Å². The van der Waals surface area contributed by atoms with Crippen molar-refractivity contribution in [3.63, 3.8) is 0 Å². The van der Waals surface area contributed by atoms with Gasteiger partial charge in [-0.25, -0.2) is 0 Å². The molecule has 0 aliphatic rings. The van der Waals surface area contributed by atoms with Crippen LogP contribution in [0.3, 0.4) is 0 Å². The molecule has 0 heterocycles. The Morgan fingerprint density at radius 1 is 1.38 bits per heavy atom. The summed E-state index contributed by atoms with van der Waals surface area (Å²) in [4.78, 5) is 0. The quantitative estimate of drug-likeness (QED) is 0.356. The van der Waals surface area contributed by atoms with Crippen molar-refractivity contribution in [1.82, 2.24) is 0 Å². The third-order valence-corrected chi connectivity index (χ3v) is 1.85. The van der Waals surface area contributed by atoms with Crippen LogP contribution >= 0.6 is 0 Å². The molecule has 0 amide bonds. The van der Waals surface area contributed by atoms with Crippen molar-refractivity contribution in [2.45, 2.75) is 19.7 Å². The topological polar surface area (TPSA) is 0 Å². The van der Waals surface area contributed by atoms with Gasteiger partial charge in [0, 0.05) is 14.1 Å². The van der Waals surface area contributed by atoms with Crippen LogP contribution in [0.2, 0.25) is 6.32 Å². The van der Waals surface area contributed by atoms with Gasteiger partial charge < -0.3 is 0 Å². The summed E-state index contributed by atoms with van der Waals surface area (Å²) in [6.45, 7) is 3.26. The second-order valence-corrected chi connectivity index (χ2v) is 2.47. The Hall–Kier alpha value is 0.325. The van der Waals surface area contributed by atoms with Crippen molar-refractivity contribution in [1.29, 1.82) is 0 Å². The lowest BCUT2D eigenvalue weighted by atomic mass is 8.94. The Bertz CT molecular complexity index is 42.9. The maximum Gasteiger partial charge on any atom is 0.0601 e. The minimum absolute atomic E-state index is 1.000. The van der Waals surface area contributed by atoms with Gasteiger partial charge in [0.2, 0.25) is 0 Å². The van der Waals surface area contributed by atoms with E-state index in [1.54, 1.807) is 0 Å². The molecule has 0 unspecified atom stereocenters. The molecule has 0 N–H and O–H groups in total. The summed E-state index contributed by atoms with van der Waals surface area (Å²) in [5.74, 6) is 0. The molecular formula is C3H13B5. The molecule has 40 valence electrons. The Labute approximate surface area is 56.5 Å². The molecule has 0 spiro atoms. The van der Waals surface area contributed by atoms with Gasteiger partial charge in [-0.1, -0.05) is 19.7 Å². The molecule has 8 heavy (non-hydrogen) atoms. The maximum atomic E-state index is 2.28. The van der Waals surface area contributed by atoms with Gasteiger partial charge >= 0.3 is 0 Å². The van der Waals surface area contributed by atoms with E-state index in [-0.39, 0.29) is 0 Å². The highest BCUT2D eigenvalue weighted by Gasteiger charge is 2.05. The largest absolute Gasteiger partial charge is 0.0897 e. The van der Waals surface area contributed by atoms with E-state index in [4.69, 9.17) is 0 Å². The first kappa shape index (κ1) is 8.32. The SMILES string of the molecule is BBB(BB)CCC. The van der Waals surface area contributed by atoms with Crippen LogP contribution in [0.1, 0.15) is 13.3 Å². The van der Waals surface area contributed by atoms with Gasteiger partial charge in [0.1, 0.15) is 0 Å². The second-order valence-electron chi connectivity index (χ2n) is 2.47. The summed E-state index contributed by atoms with van der Waals surface area (Å²) in [5, 5.41) is 0. The van der Waals surface area contributed by atoms with Crippen molar-refractivity contribution in [2.24, 2.45) is 0 Å². The summed E-state index contributed by atoms with van der Waals surface area (Å²) in [6, 6.07) is 0. The predicted molar refractivity (Wildman–Crippen MR) is 52.2 cm³/mol. The molecule has 5 heteroatoms. The monoisotopic (exact) mass is 104 g/mol. The van der Waals surface area contributed by atoms with Crippen molar-refractivity contribution in [2.75, 3.05) is 0 Å². The lowest BCUT2D eigenvalue weighted by molar-refractivity contribution is 1.08. The predicted octanol–water partition coefficient (Wildman–Crippen LogP) is -2.15. The van der Waals surface area contributed by atoms with E-state index in [0.29, 0.717) is 0 Å². The standard InChI is InChI=1S/C3H13B5/c1-2-3-8(6-4)7-5/h6-7H,2-5H2,1H3. The lowest BCUT2D eigenvalue weighted by Crippen LogP contribution is -2.30. The molecule has 0 aliphatic carbocycles. The Kier molecular flexibility index (Phi) is 5.68. The van der Waals surface area contributed by atoms with Gasteiger partial charge in [0.15, 0.2) is 0 Å². The van der Waals surface area contributed by atoms with Crippen LogP contribution < -0.4 is 0 Å². The van der Waals surface area contributed by atoms with Crippen LogP contribution in [0.25, 0.3) is 0 Å². The van der Waals surface area contributed by atoms with Gasteiger partial charge in [-0.05, 0) is 0 Å². The molecule has 0 aromatic rings. The van der Waals surface area contributed by atoms with Crippen LogP contribution in [0, 0.1) is 0 Å². The number of rotatable bonds is 4. The van der Waals surface area contributed by atoms with Crippen molar-refractivity contribution < 1.29 is 0 Å². The minimum Gasteiger partial charge on any atom is -0.0897 e.